The van der Waals surface area contributed by atoms with Gasteiger partial charge in [0.1, 0.15) is 0 Å². The Morgan fingerprint density at radius 1 is 1.29 bits per heavy atom. The molecule has 2 fully saturated rings. The lowest BCUT2D eigenvalue weighted by Crippen LogP contribution is -2.53. The standard InChI is InChI=1S/C17H33N3O/c1-4-17(8-7-9-18-13-17)16(21)19-12-15(14(2)3)20-10-5-6-11-20/h14-15,18H,4-13H2,1-3H3,(H,19,21). The molecule has 1 amide bonds. The van der Waals surface area contributed by atoms with Crippen LogP contribution in [0.15, 0.2) is 0 Å². The van der Waals surface area contributed by atoms with E-state index in [1.807, 2.05) is 0 Å². The van der Waals surface area contributed by atoms with Crippen LogP contribution in [-0.4, -0.2) is 49.6 Å². The van der Waals surface area contributed by atoms with Crippen LogP contribution in [0.1, 0.15) is 52.9 Å². The Hall–Kier alpha value is -0.610. The summed E-state index contributed by atoms with van der Waals surface area (Å²) >= 11 is 0. The minimum absolute atomic E-state index is 0.176. The Morgan fingerprint density at radius 2 is 2.00 bits per heavy atom. The van der Waals surface area contributed by atoms with Gasteiger partial charge in [0.05, 0.1) is 5.41 Å². The Bertz CT molecular complexity index is 331. The van der Waals surface area contributed by atoms with Crippen molar-refractivity contribution in [1.82, 2.24) is 15.5 Å². The van der Waals surface area contributed by atoms with Crippen LogP contribution < -0.4 is 10.6 Å². The minimum atomic E-state index is -0.176. The van der Waals surface area contributed by atoms with Gasteiger partial charge in [-0.1, -0.05) is 20.8 Å². The summed E-state index contributed by atoms with van der Waals surface area (Å²) in [5.74, 6) is 0.854. The summed E-state index contributed by atoms with van der Waals surface area (Å²) in [5, 5.41) is 6.68. The number of amides is 1. The van der Waals surface area contributed by atoms with Crippen LogP contribution in [0.4, 0.5) is 0 Å². The highest BCUT2D eigenvalue weighted by molar-refractivity contribution is 5.83. The lowest BCUT2D eigenvalue weighted by molar-refractivity contribution is -0.132. The predicted octanol–water partition coefficient (Wildman–Crippen LogP) is 2.00. The number of piperidine rings is 1. The van der Waals surface area contributed by atoms with Crippen LogP contribution in [0.2, 0.25) is 0 Å². The second-order valence-electron chi connectivity index (χ2n) is 7.18. The van der Waals surface area contributed by atoms with Crippen molar-refractivity contribution >= 4 is 5.91 Å². The van der Waals surface area contributed by atoms with Crippen LogP contribution in [0.25, 0.3) is 0 Å². The van der Waals surface area contributed by atoms with Gasteiger partial charge >= 0.3 is 0 Å². The van der Waals surface area contributed by atoms with Crippen LogP contribution >= 0.6 is 0 Å². The Balaban J connectivity index is 1.91. The van der Waals surface area contributed by atoms with E-state index in [0.717, 1.165) is 38.9 Å². The van der Waals surface area contributed by atoms with E-state index in [0.29, 0.717) is 12.0 Å². The fraction of sp³-hybridized carbons (Fsp3) is 0.941. The molecular formula is C17H33N3O. The van der Waals surface area contributed by atoms with Gasteiger partial charge in [-0.3, -0.25) is 9.69 Å². The Morgan fingerprint density at radius 3 is 2.52 bits per heavy atom. The average molecular weight is 295 g/mol. The quantitative estimate of drug-likeness (QED) is 0.788. The average Bonchev–Trinajstić information content (AvgIpc) is 3.01. The molecule has 0 bridgehead atoms. The molecule has 0 spiro atoms. The van der Waals surface area contributed by atoms with E-state index in [2.05, 4.69) is 36.3 Å². The molecule has 21 heavy (non-hydrogen) atoms. The molecule has 2 atom stereocenters. The molecule has 0 aromatic heterocycles. The van der Waals surface area contributed by atoms with E-state index in [-0.39, 0.29) is 11.3 Å². The van der Waals surface area contributed by atoms with Crippen LogP contribution in [0, 0.1) is 11.3 Å². The number of likely N-dealkylation sites (tertiary alicyclic amines) is 1. The molecule has 4 heteroatoms. The van der Waals surface area contributed by atoms with E-state index in [9.17, 15) is 4.79 Å². The van der Waals surface area contributed by atoms with Gasteiger partial charge in [-0.05, 0) is 57.7 Å². The first-order valence-corrected chi connectivity index (χ1v) is 8.82. The van der Waals surface area contributed by atoms with Gasteiger partial charge in [0.25, 0.3) is 0 Å². The van der Waals surface area contributed by atoms with Crippen molar-refractivity contribution in [2.24, 2.45) is 11.3 Å². The van der Waals surface area contributed by atoms with Gasteiger partial charge in [0, 0.05) is 19.1 Å². The maximum Gasteiger partial charge on any atom is 0.227 e. The van der Waals surface area contributed by atoms with Crippen LogP contribution in [-0.2, 0) is 4.79 Å². The highest BCUT2D eigenvalue weighted by atomic mass is 16.2. The summed E-state index contributed by atoms with van der Waals surface area (Å²) in [4.78, 5) is 15.3. The summed E-state index contributed by atoms with van der Waals surface area (Å²) in [6.45, 7) is 11.8. The SMILES string of the molecule is CCC1(C(=O)NCC(C(C)C)N2CCCC2)CCCNC1. The molecule has 0 aromatic rings. The summed E-state index contributed by atoms with van der Waals surface area (Å²) in [6.07, 6.45) is 5.68. The van der Waals surface area contributed by atoms with Crippen molar-refractivity contribution in [2.75, 3.05) is 32.7 Å². The van der Waals surface area contributed by atoms with Gasteiger partial charge in [-0.2, -0.15) is 0 Å². The third-order valence-electron chi connectivity index (χ3n) is 5.48. The molecule has 4 nitrogen and oxygen atoms in total. The summed E-state index contributed by atoms with van der Waals surface area (Å²) < 4.78 is 0. The topological polar surface area (TPSA) is 44.4 Å². The van der Waals surface area contributed by atoms with Gasteiger partial charge < -0.3 is 10.6 Å². The molecule has 0 radical (unpaired) electrons. The molecule has 0 aromatic carbocycles. The molecule has 2 aliphatic rings. The first-order valence-electron chi connectivity index (χ1n) is 8.82. The van der Waals surface area contributed by atoms with Gasteiger partial charge in [0.15, 0.2) is 0 Å². The van der Waals surface area contributed by atoms with E-state index in [1.165, 1.54) is 25.9 Å². The number of carbonyl (C=O) groups excluding carboxylic acids is 1. The molecule has 2 saturated heterocycles. The maximum atomic E-state index is 12.7. The van der Waals surface area contributed by atoms with Crippen LogP contribution in [0.3, 0.4) is 0 Å². The second-order valence-corrected chi connectivity index (χ2v) is 7.18. The van der Waals surface area contributed by atoms with E-state index in [4.69, 9.17) is 0 Å². The van der Waals surface area contributed by atoms with Crippen molar-refractivity contribution in [3.63, 3.8) is 0 Å². The monoisotopic (exact) mass is 295 g/mol. The number of nitrogens with one attached hydrogen (secondary N) is 2. The summed E-state index contributed by atoms with van der Waals surface area (Å²) in [7, 11) is 0. The zero-order valence-corrected chi connectivity index (χ0v) is 14.1. The third kappa shape index (κ3) is 3.98. The van der Waals surface area contributed by atoms with Crippen molar-refractivity contribution < 1.29 is 4.79 Å². The lowest BCUT2D eigenvalue weighted by Gasteiger charge is -2.37. The maximum absolute atomic E-state index is 12.7. The second kappa shape index (κ2) is 7.59. The Labute approximate surface area is 130 Å². The molecule has 2 rings (SSSR count). The number of carbonyl (C=O) groups is 1. The third-order valence-corrected chi connectivity index (χ3v) is 5.48. The zero-order chi connectivity index (χ0) is 15.3. The smallest absolute Gasteiger partial charge is 0.227 e. The number of hydrogen-bond donors (Lipinski definition) is 2. The first kappa shape index (κ1) is 16.8. The molecule has 2 N–H and O–H groups in total. The zero-order valence-electron chi connectivity index (χ0n) is 14.1. The van der Waals surface area contributed by atoms with E-state index >= 15 is 0 Å². The van der Waals surface area contributed by atoms with Crippen molar-refractivity contribution in [3.8, 4) is 0 Å². The predicted molar refractivity (Wildman–Crippen MR) is 87.3 cm³/mol. The van der Waals surface area contributed by atoms with Gasteiger partial charge in [0.2, 0.25) is 5.91 Å². The fourth-order valence-corrected chi connectivity index (χ4v) is 3.87. The Kier molecular flexibility index (Phi) is 6.06. The van der Waals surface area contributed by atoms with E-state index in [1.54, 1.807) is 0 Å². The van der Waals surface area contributed by atoms with Gasteiger partial charge in [-0.15, -0.1) is 0 Å². The fourth-order valence-electron chi connectivity index (χ4n) is 3.87. The molecule has 122 valence electrons. The van der Waals surface area contributed by atoms with Crippen molar-refractivity contribution in [3.05, 3.63) is 0 Å². The number of rotatable bonds is 6. The van der Waals surface area contributed by atoms with Crippen molar-refractivity contribution in [1.29, 1.82) is 0 Å². The molecular weight excluding hydrogens is 262 g/mol. The lowest BCUT2D eigenvalue weighted by atomic mass is 9.77. The molecule has 2 aliphatic heterocycles. The van der Waals surface area contributed by atoms with Crippen LogP contribution in [0.5, 0.6) is 0 Å². The molecule has 2 unspecified atom stereocenters. The van der Waals surface area contributed by atoms with Gasteiger partial charge in [-0.25, -0.2) is 0 Å². The van der Waals surface area contributed by atoms with E-state index < -0.39 is 0 Å². The highest BCUT2D eigenvalue weighted by Gasteiger charge is 2.38. The minimum Gasteiger partial charge on any atom is -0.354 e. The normalized spacial score (nSPS) is 28.8. The largest absolute Gasteiger partial charge is 0.354 e. The highest BCUT2D eigenvalue weighted by Crippen LogP contribution is 2.30. The summed E-state index contributed by atoms with van der Waals surface area (Å²) in [6, 6.07) is 0.488. The molecule has 0 aliphatic carbocycles. The first-order chi connectivity index (χ1) is 10.1. The molecule has 0 saturated carbocycles. The molecule has 2 heterocycles. The number of hydrogen-bond acceptors (Lipinski definition) is 3. The van der Waals surface area contributed by atoms with Crippen molar-refractivity contribution in [2.45, 2.75) is 58.9 Å². The summed E-state index contributed by atoms with van der Waals surface area (Å²) in [5.41, 5.74) is -0.176. The number of nitrogens with zero attached hydrogens (tertiary/aromatic N) is 1.